The Morgan fingerprint density at radius 2 is 1.88 bits per heavy atom. The number of piperidine rings is 2. The molecule has 136 valence electrons. The van der Waals surface area contributed by atoms with Crippen LogP contribution >= 0.6 is 0 Å². The van der Waals surface area contributed by atoms with Gasteiger partial charge in [-0.3, -0.25) is 14.7 Å². The van der Waals surface area contributed by atoms with E-state index in [9.17, 15) is 4.79 Å². The van der Waals surface area contributed by atoms with Crippen LogP contribution in [0.4, 0.5) is 0 Å². The maximum absolute atomic E-state index is 11.4. The molecule has 2 N–H and O–H groups in total. The summed E-state index contributed by atoms with van der Waals surface area (Å²) in [5.74, 6) is 1.72. The first kappa shape index (κ1) is 18.8. The number of nitrogens with zero attached hydrogens (tertiary/aromatic N) is 3. The number of hydrogen-bond acceptors (Lipinski definition) is 3. The topological polar surface area (TPSA) is 60.0 Å². The molecule has 0 spiro atoms. The quantitative estimate of drug-likeness (QED) is 0.448. The Morgan fingerprint density at radius 3 is 2.42 bits per heavy atom. The molecule has 0 saturated carbocycles. The van der Waals surface area contributed by atoms with Crippen LogP contribution in [0.15, 0.2) is 17.6 Å². The largest absolute Gasteiger partial charge is 0.356 e. The number of hydrogen-bond donors (Lipinski definition) is 2. The summed E-state index contributed by atoms with van der Waals surface area (Å²) < 4.78 is 0. The van der Waals surface area contributed by atoms with Crippen molar-refractivity contribution in [3.63, 3.8) is 0 Å². The highest BCUT2D eigenvalue weighted by molar-refractivity contribution is 5.80. The minimum Gasteiger partial charge on any atom is -0.356 e. The lowest BCUT2D eigenvalue weighted by Crippen LogP contribution is -2.50. The van der Waals surface area contributed by atoms with Gasteiger partial charge in [-0.2, -0.15) is 0 Å². The summed E-state index contributed by atoms with van der Waals surface area (Å²) in [6.45, 7) is 11.4. The SMILES string of the molecule is C=CCN1CCC(NC(=NC)NCC2CCN(C(C)=O)CC2)CC1. The Kier molecular flexibility index (Phi) is 7.56. The molecule has 0 aromatic heterocycles. The molecule has 2 aliphatic rings. The van der Waals surface area contributed by atoms with Crippen molar-refractivity contribution in [2.75, 3.05) is 46.3 Å². The van der Waals surface area contributed by atoms with Gasteiger partial charge < -0.3 is 15.5 Å². The van der Waals surface area contributed by atoms with Gasteiger partial charge in [0.2, 0.25) is 5.91 Å². The van der Waals surface area contributed by atoms with Crippen LogP contribution in [0.1, 0.15) is 32.6 Å². The monoisotopic (exact) mass is 335 g/mol. The van der Waals surface area contributed by atoms with Crippen LogP contribution in [-0.4, -0.2) is 74.0 Å². The zero-order chi connectivity index (χ0) is 17.4. The normalized spacial score (nSPS) is 21.6. The maximum atomic E-state index is 11.4. The highest BCUT2D eigenvalue weighted by Crippen LogP contribution is 2.16. The van der Waals surface area contributed by atoms with Crippen LogP contribution in [0.3, 0.4) is 0 Å². The Labute approximate surface area is 146 Å². The average molecular weight is 335 g/mol. The molecule has 0 atom stereocenters. The molecule has 6 heteroatoms. The summed E-state index contributed by atoms with van der Waals surface area (Å²) in [6.07, 6.45) is 6.41. The summed E-state index contributed by atoms with van der Waals surface area (Å²) in [5.41, 5.74) is 0. The van der Waals surface area contributed by atoms with E-state index in [1.165, 1.54) is 0 Å². The fourth-order valence-corrected chi connectivity index (χ4v) is 3.52. The van der Waals surface area contributed by atoms with Crippen molar-refractivity contribution >= 4 is 11.9 Å². The standard InChI is InChI=1S/C18H33N5O/c1-4-9-22-10-7-17(8-11-22)21-18(19-3)20-14-16-5-12-23(13-6-16)15(2)24/h4,16-17H,1,5-14H2,2-3H3,(H2,19,20,21). The van der Waals surface area contributed by atoms with Crippen molar-refractivity contribution in [2.24, 2.45) is 10.9 Å². The van der Waals surface area contributed by atoms with E-state index in [2.05, 4.69) is 27.1 Å². The lowest BCUT2D eigenvalue weighted by Gasteiger charge is -2.33. The van der Waals surface area contributed by atoms with Crippen LogP contribution in [0.25, 0.3) is 0 Å². The number of amides is 1. The molecule has 0 aliphatic carbocycles. The summed E-state index contributed by atoms with van der Waals surface area (Å²) in [7, 11) is 1.83. The summed E-state index contributed by atoms with van der Waals surface area (Å²) in [4.78, 5) is 20.1. The third-order valence-corrected chi connectivity index (χ3v) is 5.16. The third kappa shape index (κ3) is 5.82. The third-order valence-electron chi connectivity index (χ3n) is 5.16. The molecule has 0 aromatic rings. The average Bonchev–Trinajstić information content (AvgIpc) is 2.60. The van der Waals surface area contributed by atoms with Gasteiger partial charge >= 0.3 is 0 Å². The van der Waals surface area contributed by atoms with Crippen molar-refractivity contribution in [1.82, 2.24) is 20.4 Å². The van der Waals surface area contributed by atoms with Gasteiger partial charge in [0, 0.05) is 59.3 Å². The molecule has 0 radical (unpaired) electrons. The number of aliphatic imine (C=N–C) groups is 1. The molecular formula is C18H33N5O. The van der Waals surface area contributed by atoms with Crippen LogP contribution in [0, 0.1) is 5.92 Å². The molecule has 0 bridgehead atoms. The number of carbonyl (C=O) groups is 1. The van der Waals surface area contributed by atoms with Gasteiger partial charge in [-0.15, -0.1) is 6.58 Å². The number of rotatable bonds is 5. The number of likely N-dealkylation sites (tertiary alicyclic amines) is 2. The van der Waals surface area contributed by atoms with Gasteiger partial charge in [-0.25, -0.2) is 0 Å². The van der Waals surface area contributed by atoms with Crippen LogP contribution in [0.5, 0.6) is 0 Å². The molecule has 6 nitrogen and oxygen atoms in total. The van der Waals surface area contributed by atoms with E-state index in [-0.39, 0.29) is 5.91 Å². The van der Waals surface area contributed by atoms with Gasteiger partial charge in [0.05, 0.1) is 0 Å². The Morgan fingerprint density at radius 1 is 1.21 bits per heavy atom. The van der Waals surface area contributed by atoms with Crippen LogP contribution in [0.2, 0.25) is 0 Å². The predicted molar refractivity (Wildman–Crippen MR) is 99.1 cm³/mol. The van der Waals surface area contributed by atoms with Crippen LogP contribution < -0.4 is 10.6 Å². The van der Waals surface area contributed by atoms with E-state index < -0.39 is 0 Å². The zero-order valence-corrected chi connectivity index (χ0v) is 15.3. The second-order valence-electron chi connectivity index (χ2n) is 6.91. The van der Waals surface area contributed by atoms with Crippen LogP contribution in [-0.2, 0) is 4.79 Å². The van der Waals surface area contributed by atoms with Gasteiger partial charge in [0.25, 0.3) is 0 Å². The first-order valence-corrected chi connectivity index (χ1v) is 9.18. The van der Waals surface area contributed by atoms with E-state index in [1.54, 1.807) is 6.92 Å². The molecule has 0 aromatic carbocycles. The fourth-order valence-electron chi connectivity index (χ4n) is 3.52. The van der Waals surface area contributed by atoms with Gasteiger partial charge in [0.1, 0.15) is 0 Å². The Hall–Kier alpha value is -1.56. The molecular weight excluding hydrogens is 302 g/mol. The molecule has 24 heavy (non-hydrogen) atoms. The molecule has 2 aliphatic heterocycles. The van der Waals surface area contributed by atoms with E-state index in [0.29, 0.717) is 12.0 Å². The highest BCUT2D eigenvalue weighted by Gasteiger charge is 2.22. The van der Waals surface area contributed by atoms with Crippen molar-refractivity contribution in [3.05, 3.63) is 12.7 Å². The summed E-state index contributed by atoms with van der Waals surface area (Å²) in [6, 6.07) is 0.497. The molecule has 2 heterocycles. The van der Waals surface area contributed by atoms with E-state index in [1.807, 2.05) is 18.0 Å². The molecule has 0 unspecified atom stereocenters. The lowest BCUT2D eigenvalue weighted by atomic mass is 9.97. The van der Waals surface area contributed by atoms with E-state index >= 15 is 0 Å². The first-order valence-electron chi connectivity index (χ1n) is 9.18. The first-order chi connectivity index (χ1) is 11.6. The highest BCUT2D eigenvalue weighted by atomic mass is 16.2. The minimum atomic E-state index is 0.196. The van der Waals surface area contributed by atoms with Crippen molar-refractivity contribution in [3.8, 4) is 0 Å². The Bertz CT molecular complexity index is 435. The lowest BCUT2D eigenvalue weighted by molar-refractivity contribution is -0.130. The molecule has 2 rings (SSSR count). The van der Waals surface area contributed by atoms with E-state index in [4.69, 9.17) is 0 Å². The fraction of sp³-hybridized carbons (Fsp3) is 0.778. The second kappa shape index (κ2) is 9.67. The van der Waals surface area contributed by atoms with Gasteiger partial charge in [-0.1, -0.05) is 6.08 Å². The number of guanidine groups is 1. The Balaban J connectivity index is 1.66. The van der Waals surface area contributed by atoms with E-state index in [0.717, 1.165) is 70.9 Å². The van der Waals surface area contributed by atoms with Crippen molar-refractivity contribution in [1.29, 1.82) is 0 Å². The molecule has 1 amide bonds. The molecule has 2 fully saturated rings. The predicted octanol–water partition coefficient (Wildman–Crippen LogP) is 1.06. The van der Waals surface area contributed by atoms with Crippen molar-refractivity contribution in [2.45, 2.75) is 38.6 Å². The van der Waals surface area contributed by atoms with Gasteiger partial charge in [-0.05, 0) is 31.6 Å². The van der Waals surface area contributed by atoms with Crippen molar-refractivity contribution < 1.29 is 4.79 Å². The second-order valence-corrected chi connectivity index (χ2v) is 6.91. The maximum Gasteiger partial charge on any atom is 0.219 e. The summed E-state index contributed by atoms with van der Waals surface area (Å²) >= 11 is 0. The number of nitrogens with one attached hydrogen (secondary N) is 2. The minimum absolute atomic E-state index is 0.196. The smallest absolute Gasteiger partial charge is 0.219 e. The number of carbonyl (C=O) groups excluding carboxylic acids is 1. The molecule has 2 saturated heterocycles. The van der Waals surface area contributed by atoms with Gasteiger partial charge in [0.15, 0.2) is 5.96 Å². The zero-order valence-electron chi connectivity index (χ0n) is 15.3. The summed E-state index contributed by atoms with van der Waals surface area (Å²) in [5, 5.41) is 7.03.